The molecule has 0 aromatic rings. The van der Waals surface area contributed by atoms with E-state index in [4.69, 9.17) is 5.80 Å². The summed E-state index contributed by atoms with van der Waals surface area (Å²) in [6, 6.07) is 0. The van der Waals surface area contributed by atoms with Crippen molar-refractivity contribution in [3.05, 3.63) is 11.3 Å². The van der Waals surface area contributed by atoms with Crippen molar-refractivity contribution < 1.29 is 5.80 Å². The molecular formula is C16H30OSi. The molecule has 0 spiro atoms. The number of fused-ring (bicyclic) bond motifs is 1. The Morgan fingerprint density at radius 2 is 1.83 bits per heavy atom. The molecule has 0 unspecified atom stereocenters. The zero-order chi connectivity index (χ0) is 14.3. The van der Waals surface area contributed by atoms with Crippen molar-refractivity contribution in [2.75, 3.05) is 0 Å². The SMILES string of the molecule is [2H][C@@H]1CC[C@@H]2CCCCC2=C1O[Si](C)(C)C(C)(C)C. The fourth-order valence-corrected chi connectivity index (χ4v) is 3.88. The summed E-state index contributed by atoms with van der Waals surface area (Å²) in [7, 11) is -1.79. The monoisotopic (exact) mass is 267 g/mol. The van der Waals surface area contributed by atoms with Crippen LogP contribution < -0.4 is 0 Å². The van der Waals surface area contributed by atoms with Crippen molar-refractivity contribution >= 4 is 8.32 Å². The van der Waals surface area contributed by atoms with Crippen molar-refractivity contribution in [2.45, 2.75) is 83.8 Å². The third-order valence-corrected chi connectivity index (χ3v) is 9.42. The molecule has 0 aromatic carbocycles. The molecule has 0 amide bonds. The average molecular weight is 268 g/mol. The molecule has 1 saturated carbocycles. The van der Waals surface area contributed by atoms with Gasteiger partial charge in [-0.1, -0.05) is 27.2 Å². The molecule has 0 radical (unpaired) electrons. The third-order valence-electron chi connectivity index (χ3n) is 5.07. The molecule has 0 aliphatic heterocycles. The van der Waals surface area contributed by atoms with E-state index in [1.807, 2.05) is 0 Å². The molecule has 2 heteroatoms. The molecule has 1 nitrogen and oxygen atoms in total. The first kappa shape index (κ1) is 12.8. The highest BCUT2D eigenvalue weighted by Crippen LogP contribution is 2.44. The molecular weight excluding hydrogens is 236 g/mol. The molecule has 2 aliphatic carbocycles. The molecule has 1 fully saturated rings. The topological polar surface area (TPSA) is 9.23 Å². The molecule has 104 valence electrons. The van der Waals surface area contributed by atoms with E-state index in [2.05, 4.69) is 33.9 Å². The van der Waals surface area contributed by atoms with Gasteiger partial charge in [0.1, 0.15) is 0 Å². The molecule has 2 aliphatic rings. The molecule has 2 atom stereocenters. The maximum absolute atomic E-state index is 8.38. The quantitative estimate of drug-likeness (QED) is 0.589. The zero-order valence-electron chi connectivity index (χ0n) is 13.8. The predicted octanol–water partition coefficient (Wildman–Crippen LogP) is 5.64. The maximum atomic E-state index is 8.38. The first-order valence-corrected chi connectivity index (χ1v) is 10.5. The van der Waals surface area contributed by atoms with Gasteiger partial charge in [-0.3, -0.25) is 0 Å². The molecule has 0 heterocycles. The van der Waals surface area contributed by atoms with Crippen LogP contribution >= 0.6 is 0 Å². The summed E-state index contributed by atoms with van der Waals surface area (Å²) in [6.07, 6.45) is 7.29. The van der Waals surface area contributed by atoms with Crippen LogP contribution in [0.1, 0.15) is 67.1 Å². The largest absolute Gasteiger partial charge is 0.547 e. The van der Waals surface area contributed by atoms with Gasteiger partial charge in [0, 0.05) is 7.77 Å². The Morgan fingerprint density at radius 3 is 2.50 bits per heavy atom. The van der Waals surface area contributed by atoms with E-state index < -0.39 is 8.32 Å². The Labute approximate surface area is 116 Å². The third kappa shape index (κ3) is 2.84. The van der Waals surface area contributed by atoms with Gasteiger partial charge in [0.05, 0.1) is 5.76 Å². The lowest BCUT2D eigenvalue weighted by atomic mass is 9.77. The van der Waals surface area contributed by atoms with Crippen LogP contribution in [0.3, 0.4) is 0 Å². The Bertz CT molecular complexity index is 367. The van der Waals surface area contributed by atoms with Crippen LogP contribution in [0.15, 0.2) is 11.3 Å². The first-order valence-electron chi connectivity index (χ1n) is 8.14. The fourth-order valence-electron chi connectivity index (χ4n) is 2.81. The molecule has 0 bridgehead atoms. The number of rotatable bonds is 2. The lowest BCUT2D eigenvalue weighted by Gasteiger charge is -2.41. The first-order chi connectivity index (χ1) is 8.72. The Balaban J connectivity index is 2.27. The van der Waals surface area contributed by atoms with Crippen LogP contribution in [0.2, 0.25) is 18.1 Å². The molecule has 0 saturated heterocycles. The van der Waals surface area contributed by atoms with Gasteiger partial charge in [-0.05, 0) is 61.7 Å². The van der Waals surface area contributed by atoms with E-state index in [0.717, 1.165) is 18.1 Å². The predicted molar refractivity (Wildman–Crippen MR) is 81.1 cm³/mol. The van der Waals surface area contributed by atoms with Crippen LogP contribution in [-0.4, -0.2) is 8.32 Å². The highest BCUT2D eigenvalue weighted by Gasteiger charge is 2.40. The van der Waals surface area contributed by atoms with Crippen molar-refractivity contribution in [1.29, 1.82) is 0 Å². The van der Waals surface area contributed by atoms with Gasteiger partial charge in [-0.15, -0.1) is 0 Å². The van der Waals surface area contributed by atoms with Gasteiger partial charge in [-0.25, -0.2) is 0 Å². The Hall–Kier alpha value is -0.243. The number of hydrogen-bond acceptors (Lipinski definition) is 1. The van der Waals surface area contributed by atoms with Crippen LogP contribution in [0.4, 0.5) is 0 Å². The van der Waals surface area contributed by atoms with Crippen molar-refractivity contribution in [1.82, 2.24) is 0 Å². The van der Waals surface area contributed by atoms with Gasteiger partial charge >= 0.3 is 0 Å². The highest BCUT2D eigenvalue weighted by atomic mass is 28.4. The smallest absolute Gasteiger partial charge is 0.250 e. The number of allylic oxidation sites excluding steroid dienone is 2. The second-order valence-electron chi connectivity index (χ2n) is 7.48. The summed E-state index contributed by atoms with van der Waals surface area (Å²) in [5, 5.41) is 0.224. The standard InChI is InChI=1S/C16H30OSi/c1-16(2,3)18(4,5)17-15-12-8-10-13-9-6-7-11-14(13)15/h13H,6-12H2,1-5H3/t13-/m0/s1/i12D/t12-,13+/m1. The average Bonchev–Trinajstić information content (AvgIpc) is 2.31. The lowest BCUT2D eigenvalue weighted by molar-refractivity contribution is 0.296. The van der Waals surface area contributed by atoms with Gasteiger partial charge < -0.3 is 4.43 Å². The van der Waals surface area contributed by atoms with Crippen LogP contribution in [0.25, 0.3) is 0 Å². The van der Waals surface area contributed by atoms with E-state index in [0.29, 0.717) is 0 Å². The van der Waals surface area contributed by atoms with Crippen molar-refractivity contribution in [3.8, 4) is 0 Å². The van der Waals surface area contributed by atoms with E-state index in [-0.39, 0.29) is 11.4 Å². The molecule has 0 aromatic heterocycles. The minimum absolute atomic E-state index is 0.0986. The van der Waals surface area contributed by atoms with Crippen molar-refractivity contribution in [2.24, 2.45) is 5.92 Å². The fraction of sp³-hybridized carbons (Fsp3) is 0.875. The van der Waals surface area contributed by atoms with Gasteiger partial charge in [-0.2, -0.15) is 0 Å². The second kappa shape index (κ2) is 5.03. The van der Waals surface area contributed by atoms with Crippen LogP contribution in [0.5, 0.6) is 0 Å². The normalized spacial score (nSPS) is 30.8. The Morgan fingerprint density at radius 1 is 1.17 bits per heavy atom. The summed E-state index contributed by atoms with van der Waals surface area (Å²) in [5.74, 6) is 1.82. The minimum Gasteiger partial charge on any atom is -0.547 e. The highest BCUT2D eigenvalue weighted by molar-refractivity contribution is 6.74. The van der Waals surface area contributed by atoms with Crippen molar-refractivity contribution in [3.63, 3.8) is 0 Å². The summed E-state index contributed by atoms with van der Waals surface area (Å²) in [4.78, 5) is 0. The van der Waals surface area contributed by atoms with Gasteiger partial charge in [0.15, 0.2) is 0 Å². The summed E-state index contributed by atoms with van der Waals surface area (Å²) in [6.45, 7) is 11.5. The number of hydrogen-bond donors (Lipinski definition) is 0. The Kier molecular flexibility index (Phi) is 3.57. The van der Waals surface area contributed by atoms with E-state index in [9.17, 15) is 0 Å². The van der Waals surface area contributed by atoms with Gasteiger partial charge in [0.2, 0.25) is 8.32 Å². The molecule has 2 rings (SSSR count). The maximum Gasteiger partial charge on any atom is 0.250 e. The molecule has 18 heavy (non-hydrogen) atoms. The minimum atomic E-state index is -1.79. The second-order valence-corrected chi connectivity index (χ2v) is 12.2. The van der Waals surface area contributed by atoms with Gasteiger partial charge in [0.25, 0.3) is 0 Å². The molecule has 0 N–H and O–H groups in total. The summed E-state index contributed by atoms with van der Waals surface area (Å²) >= 11 is 0. The van der Waals surface area contributed by atoms with E-state index in [1.54, 1.807) is 0 Å². The zero-order valence-corrected chi connectivity index (χ0v) is 13.8. The summed E-state index contributed by atoms with van der Waals surface area (Å²) in [5.41, 5.74) is 1.52. The van der Waals surface area contributed by atoms with Crippen LogP contribution in [0, 0.1) is 5.92 Å². The van der Waals surface area contributed by atoms with Crippen LogP contribution in [-0.2, 0) is 4.43 Å². The van der Waals surface area contributed by atoms with E-state index >= 15 is 0 Å². The van der Waals surface area contributed by atoms with E-state index in [1.165, 1.54) is 37.7 Å². The summed E-state index contributed by atoms with van der Waals surface area (Å²) < 4.78 is 14.9. The lowest BCUT2D eigenvalue weighted by Crippen LogP contribution is -2.41.